The van der Waals surface area contributed by atoms with E-state index in [0.717, 1.165) is 30.0 Å². The summed E-state index contributed by atoms with van der Waals surface area (Å²) < 4.78 is 0. The van der Waals surface area contributed by atoms with E-state index in [0.29, 0.717) is 5.02 Å². The summed E-state index contributed by atoms with van der Waals surface area (Å²) in [4.78, 5) is 28.5. The van der Waals surface area contributed by atoms with Crippen LogP contribution < -0.4 is 5.32 Å². The molecule has 0 radical (unpaired) electrons. The van der Waals surface area contributed by atoms with Gasteiger partial charge in [0.15, 0.2) is 0 Å². The first-order chi connectivity index (χ1) is 13.4. The maximum atomic E-state index is 13.1. The minimum atomic E-state index is -0.415. The Bertz CT molecular complexity index is 946. The summed E-state index contributed by atoms with van der Waals surface area (Å²) in [6.45, 7) is 4.95. The van der Waals surface area contributed by atoms with Crippen LogP contribution in [0, 0.1) is 13.8 Å². The molecule has 4 rings (SSSR count). The molecule has 0 aliphatic carbocycles. The second-order valence-corrected chi connectivity index (χ2v) is 9.21. The van der Waals surface area contributed by atoms with E-state index in [2.05, 4.69) is 37.4 Å². The summed E-state index contributed by atoms with van der Waals surface area (Å²) >= 11 is 7.45. The standard InChI is InChI=1S/C22H23ClN2O2S/c1-13-5-6-15(10-14(13)2)18-4-3-9-25(18)21(26)12-20-22(27)24-17-11-16(23)7-8-19(17)28-20/h5-8,10-11,18,20H,3-4,9,12H2,1-2H3,(H,24,27). The van der Waals surface area contributed by atoms with Gasteiger partial charge < -0.3 is 10.2 Å². The van der Waals surface area contributed by atoms with Crippen LogP contribution in [0.3, 0.4) is 0 Å². The molecule has 2 aromatic carbocycles. The maximum Gasteiger partial charge on any atom is 0.238 e. The van der Waals surface area contributed by atoms with E-state index in [1.54, 1.807) is 12.1 Å². The zero-order valence-electron chi connectivity index (χ0n) is 16.0. The van der Waals surface area contributed by atoms with Crippen LogP contribution >= 0.6 is 23.4 Å². The van der Waals surface area contributed by atoms with Crippen LogP contribution in [-0.4, -0.2) is 28.5 Å². The molecule has 2 unspecified atom stereocenters. The first-order valence-corrected chi connectivity index (χ1v) is 10.8. The third-order valence-corrected chi connectivity index (χ3v) is 7.12. The van der Waals surface area contributed by atoms with Crippen molar-refractivity contribution in [2.45, 2.75) is 49.3 Å². The Balaban J connectivity index is 1.49. The summed E-state index contributed by atoms with van der Waals surface area (Å²) in [5.41, 5.74) is 4.41. The molecule has 0 bridgehead atoms. The van der Waals surface area contributed by atoms with Gasteiger partial charge in [-0.25, -0.2) is 0 Å². The zero-order chi connectivity index (χ0) is 19.8. The topological polar surface area (TPSA) is 49.4 Å². The zero-order valence-corrected chi connectivity index (χ0v) is 17.6. The fraction of sp³-hybridized carbons (Fsp3) is 0.364. The highest BCUT2D eigenvalue weighted by molar-refractivity contribution is 8.01. The van der Waals surface area contributed by atoms with Crippen LogP contribution in [0.25, 0.3) is 0 Å². The molecule has 2 atom stereocenters. The van der Waals surface area contributed by atoms with Crippen LogP contribution in [0.4, 0.5) is 5.69 Å². The highest BCUT2D eigenvalue weighted by atomic mass is 35.5. The van der Waals surface area contributed by atoms with Gasteiger partial charge in [-0.05, 0) is 61.6 Å². The number of fused-ring (bicyclic) bond motifs is 1. The number of carbonyl (C=O) groups is 2. The SMILES string of the molecule is Cc1ccc(C2CCCN2C(=O)CC2Sc3ccc(Cl)cc3NC2=O)cc1C. The van der Waals surface area contributed by atoms with Crippen molar-refractivity contribution in [3.63, 3.8) is 0 Å². The third kappa shape index (κ3) is 3.78. The van der Waals surface area contributed by atoms with Crippen molar-refractivity contribution in [1.82, 2.24) is 4.90 Å². The molecular weight excluding hydrogens is 392 g/mol. The Morgan fingerprint density at radius 3 is 2.82 bits per heavy atom. The molecule has 1 N–H and O–H groups in total. The Morgan fingerprint density at radius 1 is 1.21 bits per heavy atom. The molecule has 0 saturated carbocycles. The van der Waals surface area contributed by atoms with Crippen LogP contribution in [0.1, 0.15) is 42.0 Å². The molecule has 2 heterocycles. The second-order valence-electron chi connectivity index (χ2n) is 7.53. The number of hydrogen-bond donors (Lipinski definition) is 1. The summed E-state index contributed by atoms with van der Waals surface area (Å²) in [5, 5.41) is 3.06. The fourth-order valence-corrected chi connectivity index (χ4v) is 5.17. The normalized spacial score (nSPS) is 21.4. The number of carbonyl (C=O) groups excluding carboxylic acids is 2. The van der Waals surface area contributed by atoms with Crippen LogP contribution in [0.2, 0.25) is 5.02 Å². The van der Waals surface area contributed by atoms with Gasteiger partial charge in [-0.3, -0.25) is 9.59 Å². The molecular formula is C22H23ClN2O2S. The van der Waals surface area contributed by atoms with Gasteiger partial charge in [-0.15, -0.1) is 11.8 Å². The van der Waals surface area contributed by atoms with Gasteiger partial charge in [0.2, 0.25) is 11.8 Å². The predicted molar refractivity (Wildman–Crippen MR) is 114 cm³/mol. The molecule has 6 heteroatoms. The minimum Gasteiger partial charge on any atom is -0.336 e. The molecule has 0 aromatic heterocycles. The number of rotatable bonds is 3. The van der Waals surface area contributed by atoms with Gasteiger partial charge in [0.1, 0.15) is 0 Å². The average Bonchev–Trinajstić information content (AvgIpc) is 3.14. The third-order valence-electron chi connectivity index (χ3n) is 5.61. The number of benzene rings is 2. The lowest BCUT2D eigenvalue weighted by Gasteiger charge is -2.29. The van der Waals surface area contributed by atoms with Crippen molar-refractivity contribution in [2.75, 3.05) is 11.9 Å². The Hall–Kier alpha value is -1.98. The number of amides is 2. The molecule has 4 nitrogen and oxygen atoms in total. The molecule has 2 aromatic rings. The largest absolute Gasteiger partial charge is 0.336 e. The number of aryl methyl sites for hydroxylation is 2. The second kappa shape index (κ2) is 7.80. The number of nitrogens with zero attached hydrogens (tertiary/aromatic N) is 1. The van der Waals surface area contributed by atoms with E-state index in [1.807, 2.05) is 11.0 Å². The van der Waals surface area contributed by atoms with Crippen molar-refractivity contribution < 1.29 is 9.59 Å². The van der Waals surface area contributed by atoms with Gasteiger partial charge >= 0.3 is 0 Å². The summed E-state index contributed by atoms with van der Waals surface area (Å²) in [7, 11) is 0. The Labute approximate surface area is 174 Å². The lowest BCUT2D eigenvalue weighted by atomic mass is 9.99. The molecule has 146 valence electrons. The van der Waals surface area contributed by atoms with Crippen molar-refractivity contribution in [2.24, 2.45) is 0 Å². The van der Waals surface area contributed by atoms with Crippen molar-refractivity contribution in [1.29, 1.82) is 0 Å². The quantitative estimate of drug-likeness (QED) is 0.757. The van der Waals surface area contributed by atoms with E-state index >= 15 is 0 Å². The van der Waals surface area contributed by atoms with Crippen molar-refractivity contribution >= 4 is 40.9 Å². The van der Waals surface area contributed by atoms with E-state index in [-0.39, 0.29) is 24.3 Å². The molecule has 28 heavy (non-hydrogen) atoms. The van der Waals surface area contributed by atoms with Crippen molar-refractivity contribution in [3.8, 4) is 0 Å². The van der Waals surface area contributed by atoms with Gasteiger partial charge in [-0.2, -0.15) is 0 Å². The monoisotopic (exact) mass is 414 g/mol. The Morgan fingerprint density at radius 2 is 2.04 bits per heavy atom. The maximum absolute atomic E-state index is 13.1. The number of anilines is 1. The van der Waals surface area contributed by atoms with Gasteiger partial charge in [0, 0.05) is 22.9 Å². The minimum absolute atomic E-state index is 0.0470. The van der Waals surface area contributed by atoms with Gasteiger partial charge in [0.25, 0.3) is 0 Å². The molecule has 2 amide bonds. The van der Waals surface area contributed by atoms with E-state index in [9.17, 15) is 9.59 Å². The lowest BCUT2D eigenvalue weighted by molar-refractivity contribution is -0.133. The summed E-state index contributed by atoms with van der Waals surface area (Å²) in [5.74, 6) is -0.0826. The van der Waals surface area contributed by atoms with Crippen LogP contribution in [0.5, 0.6) is 0 Å². The van der Waals surface area contributed by atoms with Gasteiger partial charge in [0.05, 0.1) is 17.0 Å². The number of hydrogen-bond acceptors (Lipinski definition) is 3. The molecule has 0 spiro atoms. The number of thioether (sulfide) groups is 1. The highest BCUT2D eigenvalue weighted by Gasteiger charge is 2.35. The Kier molecular flexibility index (Phi) is 5.39. The van der Waals surface area contributed by atoms with E-state index < -0.39 is 5.25 Å². The first-order valence-electron chi connectivity index (χ1n) is 9.56. The number of nitrogens with one attached hydrogen (secondary N) is 1. The van der Waals surface area contributed by atoms with Crippen molar-refractivity contribution in [3.05, 3.63) is 58.1 Å². The van der Waals surface area contributed by atoms with E-state index in [1.165, 1.54) is 28.5 Å². The fourth-order valence-electron chi connectivity index (χ4n) is 3.92. The first kappa shape index (κ1) is 19.3. The number of halogens is 1. The highest BCUT2D eigenvalue weighted by Crippen LogP contribution is 2.40. The predicted octanol–water partition coefficient (Wildman–Crippen LogP) is 5.12. The molecule has 1 saturated heterocycles. The lowest BCUT2D eigenvalue weighted by Crippen LogP contribution is -2.37. The average molecular weight is 415 g/mol. The van der Waals surface area contributed by atoms with Crippen LogP contribution in [-0.2, 0) is 9.59 Å². The summed E-state index contributed by atoms with van der Waals surface area (Å²) in [6, 6.07) is 12.0. The molecule has 2 aliphatic rings. The summed E-state index contributed by atoms with van der Waals surface area (Å²) in [6.07, 6.45) is 2.17. The van der Waals surface area contributed by atoms with Gasteiger partial charge in [-0.1, -0.05) is 29.8 Å². The smallest absolute Gasteiger partial charge is 0.238 e. The van der Waals surface area contributed by atoms with E-state index in [4.69, 9.17) is 11.6 Å². The van der Waals surface area contributed by atoms with Crippen LogP contribution in [0.15, 0.2) is 41.3 Å². The molecule has 2 aliphatic heterocycles. The number of likely N-dealkylation sites (tertiary alicyclic amines) is 1. The molecule has 1 fully saturated rings.